The average Bonchev–Trinajstić information content (AvgIpc) is 2.14. The molecule has 46 valence electrons. The topological polar surface area (TPSA) is 41.1 Å². The summed E-state index contributed by atoms with van der Waals surface area (Å²) < 4.78 is 0. The highest BCUT2D eigenvalue weighted by atomic mass is 16.1. The Labute approximate surface area is 48.4 Å². The first-order chi connectivity index (χ1) is 3.83. The molecule has 1 aliphatic rings. The molecular weight excluding hydrogens is 104 g/mol. The summed E-state index contributed by atoms with van der Waals surface area (Å²) in [5.74, 6) is 0. The minimum atomic E-state index is 0.0324. The smallest absolute Gasteiger partial charge is 0.138 e. The molecule has 3 heteroatoms. The molecule has 1 aliphatic heterocycles. The Morgan fingerprint density at radius 1 is 1.62 bits per heavy atom. The van der Waals surface area contributed by atoms with Crippen LogP contribution in [0.15, 0.2) is 0 Å². The van der Waals surface area contributed by atoms with Crippen LogP contribution in [0.3, 0.4) is 0 Å². The first kappa shape index (κ1) is 5.72. The lowest BCUT2D eigenvalue weighted by Gasteiger charge is -1.94. The van der Waals surface area contributed by atoms with Gasteiger partial charge in [-0.25, -0.2) is 5.43 Å². The number of carbonyl (C=O) groups is 1. The zero-order valence-corrected chi connectivity index (χ0v) is 4.85. The number of rotatable bonds is 1. The zero-order chi connectivity index (χ0) is 5.98. The van der Waals surface area contributed by atoms with Crippen molar-refractivity contribution in [3.63, 3.8) is 0 Å². The van der Waals surface area contributed by atoms with Crippen molar-refractivity contribution in [1.29, 1.82) is 0 Å². The Hall–Kier alpha value is -0.410. The van der Waals surface area contributed by atoms with Gasteiger partial charge in [0.15, 0.2) is 0 Å². The van der Waals surface area contributed by atoms with E-state index in [4.69, 9.17) is 0 Å². The fourth-order valence-corrected chi connectivity index (χ4v) is 0.838. The van der Waals surface area contributed by atoms with E-state index < -0.39 is 0 Å². The Balaban J connectivity index is 2.32. The van der Waals surface area contributed by atoms with Crippen molar-refractivity contribution >= 4 is 6.29 Å². The minimum Gasteiger partial charge on any atom is -0.302 e. The number of aldehydes is 1. The molecule has 0 aliphatic carbocycles. The molecule has 0 aromatic rings. The summed E-state index contributed by atoms with van der Waals surface area (Å²) in [5.41, 5.74) is 5.78. The van der Waals surface area contributed by atoms with E-state index >= 15 is 0 Å². The molecule has 0 amide bonds. The van der Waals surface area contributed by atoms with Gasteiger partial charge in [-0.05, 0) is 13.3 Å². The molecular formula is C5H10N2O. The number of carbonyl (C=O) groups excluding carboxylic acids is 1. The van der Waals surface area contributed by atoms with Crippen LogP contribution in [-0.4, -0.2) is 18.4 Å². The van der Waals surface area contributed by atoms with Crippen LogP contribution in [0.25, 0.3) is 0 Å². The van der Waals surface area contributed by atoms with E-state index in [0.29, 0.717) is 6.04 Å². The number of hydrazine groups is 1. The zero-order valence-electron chi connectivity index (χ0n) is 4.85. The van der Waals surface area contributed by atoms with Gasteiger partial charge in [0.25, 0.3) is 0 Å². The Morgan fingerprint density at radius 3 is 2.62 bits per heavy atom. The van der Waals surface area contributed by atoms with E-state index in [1.54, 1.807) is 0 Å². The van der Waals surface area contributed by atoms with Gasteiger partial charge in [-0.1, -0.05) is 0 Å². The van der Waals surface area contributed by atoms with Crippen molar-refractivity contribution in [2.75, 3.05) is 0 Å². The minimum absolute atomic E-state index is 0.0324. The second-order valence-corrected chi connectivity index (χ2v) is 2.17. The van der Waals surface area contributed by atoms with Crippen molar-refractivity contribution in [1.82, 2.24) is 10.9 Å². The Kier molecular flexibility index (Phi) is 1.60. The van der Waals surface area contributed by atoms with Gasteiger partial charge >= 0.3 is 0 Å². The molecule has 0 spiro atoms. The van der Waals surface area contributed by atoms with Gasteiger partial charge in [0.1, 0.15) is 6.29 Å². The van der Waals surface area contributed by atoms with Crippen LogP contribution in [0.4, 0.5) is 0 Å². The lowest BCUT2D eigenvalue weighted by atomic mass is 10.2. The Morgan fingerprint density at radius 2 is 2.38 bits per heavy atom. The summed E-state index contributed by atoms with van der Waals surface area (Å²) in [7, 11) is 0. The maximum Gasteiger partial charge on any atom is 0.138 e. The van der Waals surface area contributed by atoms with Crippen LogP contribution >= 0.6 is 0 Å². The maximum atomic E-state index is 10.1. The molecule has 1 rings (SSSR count). The SMILES string of the molecule is CC1CC(C=O)NN1. The highest BCUT2D eigenvalue weighted by Gasteiger charge is 2.17. The first-order valence-electron chi connectivity index (χ1n) is 2.79. The third-order valence-corrected chi connectivity index (χ3v) is 1.29. The van der Waals surface area contributed by atoms with Gasteiger partial charge in [0.05, 0.1) is 6.04 Å². The Bertz CT molecular complexity index is 94.4. The maximum absolute atomic E-state index is 10.1. The lowest BCUT2D eigenvalue weighted by molar-refractivity contribution is -0.109. The van der Waals surface area contributed by atoms with E-state index in [0.717, 1.165) is 12.7 Å². The van der Waals surface area contributed by atoms with Crippen molar-refractivity contribution in [2.45, 2.75) is 25.4 Å². The van der Waals surface area contributed by atoms with Gasteiger partial charge in [0, 0.05) is 6.04 Å². The van der Waals surface area contributed by atoms with Gasteiger partial charge in [-0.15, -0.1) is 0 Å². The van der Waals surface area contributed by atoms with Crippen molar-refractivity contribution < 1.29 is 4.79 Å². The normalized spacial score (nSPS) is 37.6. The quantitative estimate of drug-likeness (QED) is 0.449. The summed E-state index contributed by atoms with van der Waals surface area (Å²) >= 11 is 0. The van der Waals surface area contributed by atoms with Crippen LogP contribution in [0.5, 0.6) is 0 Å². The summed E-state index contributed by atoms with van der Waals surface area (Å²) in [6.07, 6.45) is 1.83. The van der Waals surface area contributed by atoms with Crippen LogP contribution in [0.1, 0.15) is 13.3 Å². The van der Waals surface area contributed by atoms with Crippen LogP contribution in [-0.2, 0) is 4.79 Å². The molecule has 3 nitrogen and oxygen atoms in total. The second-order valence-electron chi connectivity index (χ2n) is 2.17. The van der Waals surface area contributed by atoms with E-state index in [9.17, 15) is 4.79 Å². The molecule has 0 aromatic carbocycles. The largest absolute Gasteiger partial charge is 0.302 e. The summed E-state index contributed by atoms with van der Waals surface area (Å²) in [4.78, 5) is 10.1. The van der Waals surface area contributed by atoms with E-state index in [1.807, 2.05) is 6.92 Å². The third kappa shape index (κ3) is 1.05. The van der Waals surface area contributed by atoms with Gasteiger partial charge in [0.2, 0.25) is 0 Å². The predicted octanol–water partition coefficient (Wildman–Crippen LogP) is -0.560. The van der Waals surface area contributed by atoms with Crippen molar-refractivity contribution in [3.8, 4) is 0 Å². The summed E-state index contributed by atoms with van der Waals surface area (Å²) in [5, 5.41) is 0. The molecule has 0 bridgehead atoms. The van der Waals surface area contributed by atoms with Crippen LogP contribution in [0.2, 0.25) is 0 Å². The summed E-state index contributed by atoms with van der Waals surface area (Å²) in [6.45, 7) is 2.04. The lowest BCUT2D eigenvalue weighted by Crippen LogP contribution is -2.32. The summed E-state index contributed by atoms with van der Waals surface area (Å²) in [6, 6.07) is 0.468. The van der Waals surface area contributed by atoms with Crippen molar-refractivity contribution in [2.24, 2.45) is 0 Å². The highest BCUT2D eigenvalue weighted by molar-refractivity contribution is 5.57. The highest BCUT2D eigenvalue weighted by Crippen LogP contribution is 1.99. The van der Waals surface area contributed by atoms with Gasteiger partial charge in [-0.3, -0.25) is 5.43 Å². The van der Waals surface area contributed by atoms with Gasteiger partial charge < -0.3 is 4.79 Å². The molecule has 1 heterocycles. The standard InChI is InChI=1S/C5H10N2O/c1-4-2-5(3-8)7-6-4/h3-7H,2H2,1H3. The molecule has 0 saturated carbocycles. The molecule has 2 atom stereocenters. The van der Waals surface area contributed by atoms with E-state index in [2.05, 4.69) is 10.9 Å². The predicted molar refractivity (Wildman–Crippen MR) is 30.2 cm³/mol. The molecule has 0 aromatic heterocycles. The van der Waals surface area contributed by atoms with Crippen LogP contribution < -0.4 is 10.9 Å². The second kappa shape index (κ2) is 2.24. The van der Waals surface area contributed by atoms with E-state index in [-0.39, 0.29) is 6.04 Å². The van der Waals surface area contributed by atoms with Gasteiger partial charge in [-0.2, -0.15) is 0 Å². The number of hydrogen-bond donors (Lipinski definition) is 2. The van der Waals surface area contributed by atoms with Crippen molar-refractivity contribution in [3.05, 3.63) is 0 Å². The average molecular weight is 114 g/mol. The fraction of sp³-hybridized carbons (Fsp3) is 0.800. The molecule has 1 saturated heterocycles. The van der Waals surface area contributed by atoms with Crippen LogP contribution in [0, 0.1) is 0 Å². The number of hydrogen-bond acceptors (Lipinski definition) is 3. The monoisotopic (exact) mass is 114 g/mol. The molecule has 1 fully saturated rings. The third-order valence-electron chi connectivity index (χ3n) is 1.29. The molecule has 2 unspecified atom stereocenters. The number of nitrogens with one attached hydrogen (secondary N) is 2. The first-order valence-corrected chi connectivity index (χ1v) is 2.79. The fourth-order valence-electron chi connectivity index (χ4n) is 0.838. The molecule has 8 heavy (non-hydrogen) atoms. The molecule has 2 N–H and O–H groups in total. The molecule has 0 radical (unpaired) electrons. The van der Waals surface area contributed by atoms with E-state index in [1.165, 1.54) is 0 Å².